The number of fused-ring (bicyclic) bond motifs is 1. The first-order chi connectivity index (χ1) is 19.4. The molecule has 0 bridgehead atoms. The molecule has 1 N–H and O–H groups in total. The minimum Gasteiger partial charge on any atom is -0.464 e. The van der Waals surface area contributed by atoms with Crippen LogP contribution in [0.15, 0.2) is 59.0 Å². The zero-order valence-corrected chi connectivity index (χ0v) is 23.1. The summed E-state index contributed by atoms with van der Waals surface area (Å²) in [5.74, 6) is 2.61. The van der Waals surface area contributed by atoms with Crippen molar-refractivity contribution in [2.24, 2.45) is 0 Å². The van der Waals surface area contributed by atoms with E-state index in [9.17, 15) is 9.59 Å². The van der Waals surface area contributed by atoms with Crippen LogP contribution in [0.5, 0.6) is 11.5 Å². The van der Waals surface area contributed by atoms with Crippen molar-refractivity contribution in [3.63, 3.8) is 0 Å². The highest BCUT2D eigenvalue weighted by molar-refractivity contribution is 5.93. The predicted octanol–water partition coefficient (Wildman–Crippen LogP) is 4.02. The number of anilines is 1. The van der Waals surface area contributed by atoms with Crippen LogP contribution in [-0.2, 0) is 22.6 Å². The Labute approximate surface area is 234 Å². The van der Waals surface area contributed by atoms with Gasteiger partial charge in [0.15, 0.2) is 11.5 Å². The van der Waals surface area contributed by atoms with Crippen molar-refractivity contribution in [1.82, 2.24) is 14.7 Å². The monoisotopic (exact) mass is 548 g/mol. The minimum atomic E-state index is -0.312. The predicted molar refractivity (Wildman–Crippen MR) is 149 cm³/mol. The van der Waals surface area contributed by atoms with Crippen molar-refractivity contribution in [2.75, 3.05) is 58.0 Å². The Hall–Kier alpha value is -4.02. The fourth-order valence-corrected chi connectivity index (χ4v) is 4.76. The summed E-state index contributed by atoms with van der Waals surface area (Å²) in [6.07, 6.45) is 0. The SMILES string of the molecule is Cc1ccc(CN(Cc2ccc3c(c2)OCO3)C(=O)CN(CCN2CCOCC2)C(=O)Nc2ccccc2C)o1. The van der Waals surface area contributed by atoms with E-state index in [0.29, 0.717) is 50.1 Å². The van der Waals surface area contributed by atoms with Crippen molar-refractivity contribution in [3.8, 4) is 11.5 Å². The Balaban J connectivity index is 1.33. The van der Waals surface area contributed by atoms with Gasteiger partial charge in [-0.3, -0.25) is 9.69 Å². The van der Waals surface area contributed by atoms with Gasteiger partial charge in [-0.05, 0) is 55.3 Å². The molecule has 1 saturated heterocycles. The zero-order chi connectivity index (χ0) is 27.9. The lowest BCUT2D eigenvalue weighted by molar-refractivity contribution is -0.133. The van der Waals surface area contributed by atoms with Crippen molar-refractivity contribution >= 4 is 17.6 Å². The van der Waals surface area contributed by atoms with E-state index in [-0.39, 0.29) is 31.8 Å². The summed E-state index contributed by atoms with van der Waals surface area (Å²) in [7, 11) is 0. The van der Waals surface area contributed by atoms with Crippen LogP contribution in [0.4, 0.5) is 10.5 Å². The lowest BCUT2D eigenvalue weighted by atomic mass is 10.2. The van der Waals surface area contributed by atoms with Gasteiger partial charge in [0.1, 0.15) is 18.1 Å². The van der Waals surface area contributed by atoms with Gasteiger partial charge < -0.3 is 33.7 Å². The second-order valence-corrected chi connectivity index (χ2v) is 10.1. The molecule has 0 spiro atoms. The maximum Gasteiger partial charge on any atom is 0.322 e. The number of aryl methyl sites for hydroxylation is 2. The molecule has 0 aliphatic carbocycles. The number of nitrogens with zero attached hydrogens (tertiary/aromatic N) is 3. The van der Waals surface area contributed by atoms with Gasteiger partial charge in [0, 0.05) is 38.4 Å². The van der Waals surface area contributed by atoms with E-state index in [1.165, 1.54) is 0 Å². The van der Waals surface area contributed by atoms with Gasteiger partial charge in [0.25, 0.3) is 0 Å². The fraction of sp³-hybridized carbons (Fsp3) is 0.400. The summed E-state index contributed by atoms with van der Waals surface area (Å²) in [5, 5.41) is 3.00. The van der Waals surface area contributed by atoms with Crippen LogP contribution in [0.1, 0.15) is 22.6 Å². The first-order valence-corrected chi connectivity index (χ1v) is 13.6. The van der Waals surface area contributed by atoms with Gasteiger partial charge in [-0.2, -0.15) is 0 Å². The van der Waals surface area contributed by atoms with Crippen molar-refractivity contribution in [1.29, 1.82) is 0 Å². The molecule has 5 rings (SSSR count). The number of hydrogen-bond acceptors (Lipinski definition) is 7. The maximum absolute atomic E-state index is 13.9. The van der Waals surface area contributed by atoms with Crippen LogP contribution in [-0.4, -0.2) is 79.4 Å². The Morgan fingerprint density at radius 2 is 1.73 bits per heavy atom. The molecule has 0 saturated carbocycles. The lowest BCUT2D eigenvalue weighted by Gasteiger charge is -2.31. The quantitative estimate of drug-likeness (QED) is 0.409. The van der Waals surface area contributed by atoms with Gasteiger partial charge in [0.2, 0.25) is 12.7 Å². The van der Waals surface area contributed by atoms with E-state index >= 15 is 0 Å². The van der Waals surface area contributed by atoms with E-state index < -0.39 is 0 Å². The number of morpholine rings is 1. The molecular weight excluding hydrogens is 512 g/mol. The number of benzene rings is 2. The van der Waals surface area contributed by atoms with Gasteiger partial charge >= 0.3 is 6.03 Å². The second kappa shape index (κ2) is 12.9. The summed E-state index contributed by atoms with van der Waals surface area (Å²) in [6.45, 7) is 8.51. The standard InChI is InChI=1S/C30H36N4O6/c1-22-5-3-4-6-26(22)31-30(36)33(12-11-32-13-15-37-16-14-32)20-29(35)34(19-25-9-7-23(2)40-25)18-24-8-10-27-28(17-24)39-21-38-27/h3-10,17H,11-16,18-21H2,1-2H3,(H,31,36). The van der Waals surface area contributed by atoms with Crippen molar-refractivity contribution in [2.45, 2.75) is 26.9 Å². The molecule has 2 aliphatic rings. The summed E-state index contributed by atoms with van der Waals surface area (Å²) in [4.78, 5) is 32.9. The molecule has 2 aliphatic heterocycles. The van der Waals surface area contributed by atoms with Crippen LogP contribution >= 0.6 is 0 Å². The smallest absolute Gasteiger partial charge is 0.322 e. The first-order valence-electron chi connectivity index (χ1n) is 13.6. The number of rotatable bonds is 10. The van der Waals surface area contributed by atoms with Gasteiger partial charge in [-0.1, -0.05) is 24.3 Å². The third-order valence-corrected chi connectivity index (χ3v) is 7.10. The summed E-state index contributed by atoms with van der Waals surface area (Å²) < 4.78 is 22.2. The normalized spacial score (nSPS) is 14.7. The number of carbonyl (C=O) groups is 2. The molecule has 10 nitrogen and oxygen atoms in total. The van der Waals surface area contributed by atoms with Crippen LogP contribution in [0.25, 0.3) is 0 Å². The molecule has 3 heterocycles. The fourth-order valence-electron chi connectivity index (χ4n) is 4.76. The molecule has 1 fully saturated rings. The molecule has 10 heteroatoms. The number of ether oxygens (including phenoxy) is 3. The number of amides is 3. The van der Waals surface area contributed by atoms with Crippen molar-refractivity contribution < 1.29 is 28.2 Å². The molecular formula is C30H36N4O6. The zero-order valence-electron chi connectivity index (χ0n) is 23.1. The maximum atomic E-state index is 13.9. The topological polar surface area (TPSA) is 96.7 Å². The van der Waals surface area contributed by atoms with Crippen LogP contribution in [0, 0.1) is 13.8 Å². The average molecular weight is 549 g/mol. The summed E-state index contributed by atoms with van der Waals surface area (Å²) in [6, 6.07) is 16.7. The van der Waals surface area contributed by atoms with E-state index in [4.69, 9.17) is 18.6 Å². The third-order valence-electron chi connectivity index (χ3n) is 7.10. The van der Waals surface area contributed by atoms with Crippen LogP contribution in [0.3, 0.4) is 0 Å². The molecule has 3 aromatic rings. The number of hydrogen-bond donors (Lipinski definition) is 1. The summed E-state index contributed by atoms with van der Waals surface area (Å²) in [5.41, 5.74) is 2.57. The molecule has 212 valence electrons. The average Bonchev–Trinajstić information content (AvgIpc) is 3.60. The summed E-state index contributed by atoms with van der Waals surface area (Å²) >= 11 is 0. The molecule has 1 aromatic heterocycles. The third kappa shape index (κ3) is 7.13. The van der Waals surface area contributed by atoms with E-state index in [2.05, 4.69) is 10.2 Å². The van der Waals surface area contributed by atoms with Crippen molar-refractivity contribution in [3.05, 3.63) is 77.2 Å². The molecule has 2 aromatic carbocycles. The van der Waals surface area contributed by atoms with Crippen LogP contribution < -0.4 is 14.8 Å². The molecule has 3 amide bonds. The molecule has 0 radical (unpaired) electrons. The number of furan rings is 1. The number of nitrogens with one attached hydrogen (secondary N) is 1. The first kappa shape index (κ1) is 27.5. The Morgan fingerprint density at radius 3 is 2.50 bits per heavy atom. The number of carbonyl (C=O) groups excluding carboxylic acids is 2. The van der Waals surface area contributed by atoms with Gasteiger partial charge in [-0.25, -0.2) is 4.79 Å². The molecule has 0 unspecified atom stereocenters. The Morgan fingerprint density at radius 1 is 0.925 bits per heavy atom. The molecule has 0 atom stereocenters. The van der Waals surface area contributed by atoms with E-state index in [1.54, 1.807) is 9.80 Å². The van der Waals surface area contributed by atoms with E-state index in [0.717, 1.165) is 35.7 Å². The molecule has 40 heavy (non-hydrogen) atoms. The second-order valence-electron chi connectivity index (χ2n) is 10.1. The Kier molecular flexibility index (Phi) is 8.87. The Bertz CT molecular complexity index is 1320. The van der Waals surface area contributed by atoms with Gasteiger partial charge in [-0.15, -0.1) is 0 Å². The minimum absolute atomic E-state index is 0.0771. The highest BCUT2D eigenvalue weighted by Gasteiger charge is 2.25. The van der Waals surface area contributed by atoms with Gasteiger partial charge in [0.05, 0.1) is 19.8 Å². The number of para-hydroxylation sites is 1. The highest BCUT2D eigenvalue weighted by atomic mass is 16.7. The number of urea groups is 1. The largest absolute Gasteiger partial charge is 0.464 e. The van der Waals surface area contributed by atoms with Crippen LogP contribution in [0.2, 0.25) is 0 Å². The lowest BCUT2D eigenvalue weighted by Crippen LogP contribution is -2.48. The van der Waals surface area contributed by atoms with E-state index in [1.807, 2.05) is 68.4 Å². The highest BCUT2D eigenvalue weighted by Crippen LogP contribution is 2.33.